The highest BCUT2D eigenvalue weighted by molar-refractivity contribution is 9.10. The summed E-state index contributed by atoms with van der Waals surface area (Å²) in [4.78, 5) is 0. The zero-order chi connectivity index (χ0) is 12.3. The van der Waals surface area contributed by atoms with Crippen molar-refractivity contribution in [3.63, 3.8) is 0 Å². The van der Waals surface area contributed by atoms with Gasteiger partial charge in [0.15, 0.2) is 0 Å². The summed E-state index contributed by atoms with van der Waals surface area (Å²) < 4.78 is 1.12. The van der Waals surface area contributed by atoms with Gasteiger partial charge in [0.2, 0.25) is 0 Å². The van der Waals surface area contributed by atoms with E-state index in [1.165, 1.54) is 22.3 Å². The van der Waals surface area contributed by atoms with Crippen LogP contribution in [-0.4, -0.2) is 7.05 Å². The highest BCUT2D eigenvalue weighted by Gasteiger charge is 2.03. The van der Waals surface area contributed by atoms with Gasteiger partial charge in [-0.1, -0.05) is 40.2 Å². The van der Waals surface area contributed by atoms with Crippen LogP contribution in [0.4, 0.5) is 0 Å². The molecule has 2 rings (SSSR count). The van der Waals surface area contributed by atoms with Crippen LogP contribution in [0, 0.1) is 6.92 Å². The van der Waals surface area contributed by atoms with Crippen LogP contribution in [-0.2, 0) is 6.54 Å². The lowest BCUT2D eigenvalue weighted by Crippen LogP contribution is -2.05. The molecule has 0 bridgehead atoms. The summed E-state index contributed by atoms with van der Waals surface area (Å²) >= 11 is 3.47. The second kappa shape index (κ2) is 5.48. The van der Waals surface area contributed by atoms with Crippen molar-refractivity contribution < 1.29 is 0 Å². The fourth-order valence-corrected chi connectivity index (χ4v) is 2.19. The van der Waals surface area contributed by atoms with Crippen molar-refractivity contribution in [2.24, 2.45) is 0 Å². The molecule has 0 unspecified atom stereocenters. The molecule has 17 heavy (non-hydrogen) atoms. The van der Waals surface area contributed by atoms with E-state index in [-0.39, 0.29) is 0 Å². The molecule has 0 fully saturated rings. The van der Waals surface area contributed by atoms with Gasteiger partial charge in [-0.3, -0.25) is 0 Å². The molecule has 0 aliphatic heterocycles. The number of nitrogens with one attached hydrogen (secondary N) is 1. The summed E-state index contributed by atoms with van der Waals surface area (Å²) in [5.74, 6) is 0. The quantitative estimate of drug-likeness (QED) is 0.895. The average molecular weight is 290 g/mol. The minimum Gasteiger partial charge on any atom is -0.316 e. The van der Waals surface area contributed by atoms with Crippen LogP contribution >= 0.6 is 15.9 Å². The monoisotopic (exact) mass is 289 g/mol. The first-order chi connectivity index (χ1) is 8.20. The van der Waals surface area contributed by atoms with Crippen LogP contribution in [0.3, 0.4) is 0 Å². The lowest BCUT2D eigenvalue weighted by atomic mass is 9.98. The standard InChI is InChI=1S/C15H16BrN/c1-11-3-4-12(10-17-2)9-15(11)13-5-7-14(16)8-6-13/h3-9,17H,10H2,1-2H3. The van der Waals surface area contributed by atoms with Gasteiger partial charge in [0, 0.05) is 11.0 Å². The Labute approximate surface area is 111 Å². The topological polar surface area (TPSA) is 12.0 Å². The molecule has 0 saturated carbocycles. The number of aryl methyl sites for hydroxylation is 1. The van der Waals surface area contributed by atoms with Crippen LogP contribution in [0.25, 0.3) is 11.1 Å². The van der Waals surface area contributed by atoms with Gasteiger partial charge in [0.05, 0.1) is 0 Å². The molecule has 2 aromatic rings. The number of rotatable bonds is 3. The first-order valence-corrected chi connectivity index (χ1v) is 6.50. The van der Waals surface area contributed by atoms with Crippen molar-refractivity contribution in [1.82, 2.24) is 5.32 Å². The molecule has 0 amide bonds. The minimum absolute atomic E-state index is 0.907. The SMILES string of the molecule is CNCc1ccc(C)c(-c2ccc(Br)cc2)c1. The molecule has 0 atom stereocenters. The fourth-order valence-electron chi connectivity index (χ4n) is 1.92. The predicted molar refractivity (Wildman–Crippen MR) is 77.1 cm³/mol. The van der Waals surface area contributed by atoms with Crippen LogP contribution < -0.4 is 5.32 Å². The number of halogens is 1. The molecular formula is C15H16BrN. The Balaban J connectivity index is 2.42. The van der Waals surface area contributed by atoms with Gasteiger partial charge in [0.1, 0.15) is 0 Å². The van der Waals surface area contributed by atoms with Crippen LogP contribution in [0.5, 0.6) is 0 Å². The Morgan fingerprint density at radius 2 is 1.76 bits per heavy atom. The van der Waals surface area contributed by atoms with E-state index in [2.05, 4.69) is 70.6 Å². The first-order valence-electron chi connectivity index (χ1n) is 5.71. The highest BCUT2D eigenvalue weighted by atomic mass is 79.9. The molecule has 0 saturated heterocycles. The van der Waals surface area contributed by atoms with Crippen LogP contribution in [0.1, 0.15) is 11.1 Å². The third kappa shape index (κ3) is 2.96. The summed E-state index contributed by atoms with van der Waals surface area (Å²) in [6.07, 6.45) is 0. The molecule has 0 aliphatic carbocycles. The predicted octanol–water partition coefficient (Wildman–Crippen LogP) is 4.14. The summed E-state index contributed by atoms with van der Waals surface area (Å²) in [7, 11) is 1.97. The lowest BCUT2D eigenvalue weighted by molar-refractivity contribution is 0.818. The Hall–Kier alpha value is -1.12. The van der Waals surface area contributed by atoms with E-state index in [0.717, 1.165) is 11.0 Å². The van der Waals surface area contributed by atoms with E-state index < -0.39 is 0 Å². The maximum absolute atomic E-state index is 3.47. The first kappa shape index (κ1) is 12.3. The Bertz CT molecular complexity index is 503. The maximum atomic E-state index is 3.47. The minimum atomic E-state index is 0.907. The average Bonchev–Trinajstić information content (AvgIpc) is 2.33. The second-order valence-electron chi connectivity index (χ2n) is 4.19. The zero-order valence-electron chi connectivity index (χ0n) is 10.1. The van der Waals surface area contributed by atoms with Gasteiger partial charge in [-0.15, -0.1) is 0 Å². The number of hydrogen-bond acceptors (Lipinski definition) is 1. The molecule has 1 N–H and O–H groups in total. The van der Waals surface area contributed by atoms with Crippen LogP contribution in [0.15, 0.2) is 46.9 Å². The molecule has 0 radical (unpaired) electrons. The van der Waals surface area contributed by atoms with Crippen molar-refractivity contribution in [3.8, 4) is 11.1 Å². The van der Waals surface area contributed by atoms with Gasteiger partial charge in [0.25, 0.3) is 0 Å². The smallest absolute Gasteiger partial charge is 0.0202 e. The zero-order valence-corrected chi connectivity index (χ0v) is 11.7. The van der Waals surface area contributed by atoms with E-state index >= 15 is 0 Å². The molecule has 1 nitrogen and oxygen atoms in total. The fraction of sp³-hybridized carbons (Fsp3) is 0.200. The van der Waals surface area contributed by atoms with E-state index in [9.17, 15) is 0 Å². The Morgan fingerprint density at radius 1 is 1.06 bits per heavy atom. The van der Waals surface area contributed by atoms with Gasteiger partial charge in [-0.2, -0.15) is 0 Å². The maximum Gasteiger partial charge on any atom is 0.0202 e. The second-order valence-corrected chi connectivity index (χ2v) is 5.10. The van der Waals surface area contributed by atoms with E-state index in [4.69, 9.17) is 0 Å². The third-order valence-corrected chi connectivity index (χ3v) is 3.37. The third-order valence-electron chi connectivity index (χ3n) is 2.84. The van der Waals surface area contributed by atoms with Gasteiger partial charge in [-0.05, 0) is 54.4 Å². The molecule has 2 aromatic carbocycles. The van der Waals surface area contributed by atoms with E-state index in [0.29, 0.717) is 0 Å². The normalized spacial score (nSPS) is 10.5. The lowest BCUT2D eigenvalue weighted by Gasteiger charge is -2.09. The van der Waals surface area contributed by atoms with E-state index in [1.807, 2.05) is 7.05 Å². The molecule has 2 heteroatoms. The van der Waals surface area contributed by atoms with E-state index in [1.54, 1.807) is 0 Å². The molecule has 0 spiro atoms. The summed E-state index contributed by atoms with van der Waals surface area (Å²) in [6.45, 7) is 3.06. The van der Waals surface area contributed by atoms with Crippen molar-refractivity contribution in [1.29, 1.82) is 0 Å². The van der Waals surface area contributed by atoms with Gasteiger partial charge < -0.3 is 5.32 Å². The molecule has 0 heterocycles. The number of hydrogen-bond donors (Lipinski definition) is 1. The summed E-state index contributed by atoms with van der Waals surface area (Å²) in [5.41, 5.74) is 5.21. The summed E-state index contributed by atoms with van der Waals surface area (Å²) in [6, 6.07) is 15.1. The van der Waals surface area contributed by atoms with Gasteiger partial charge in [-0.25, -0.2) is 0 Å². The largest absolute Gasteiger partial charge is 0.316 e. The molecule has 88 valence electrons. The van der Waals surface area contributed by atoms with Crippen molar-refractivity contribution in [2.45, 2.75) is 13.5 Å². The van der Waals surface area contributed by atoms with Gasteiger partial charge >= 0.3 is 0 Å². The highest BCUT2D eigenvalue weighted by Crippen LogP contribution is 2.26. The summed E-state index contributed by atoms with van der Waals surface area (Å²) in [5, 5.41) is 3.18. The molecular weight excluding hydrogens is 274 g/mol. The van der Waals surface area contributed by atoms with Crippen molar-refractivity contribution >= 4 is 15.9 Å². The van der Waals surface area contributed by atoms with Crippen molar-refractivity contribution in [3.05, 3.63) is 58.1 Å². The van der Waals surface area contributed by atoms with Crippen LogP contribution in [0.2, 0.25) is 0 Å². The Morgan fingerprint density at radius 3 is 2.41 bits per heavy atom. The Kier molecular flexibility index (Phi) is 3.97. The molecule has 0 aliphatic rings. The molecule has 0 aromatic heterocycles. The number of benzene rings is 2. The van der Waals surface area contributed by atoms with Crippen molar-refractivity contribution in [2.75, 3.05) is 7.05 Å².